The Kier molecular flexibility index (Phi) is 5.63. The third-order valence-electron chi connectivity index (χ3n) is 4.45. The van der Waals surface area contributed by atoms with Crippen LogP contribution in [-0.4, -0.2) is 35.2 Å². The fourth-order valence-corrected chi connectivity index (χ4v) is 3.04. The maximum atomic E-state index is 12.6. The Morgan fingerprint density at radius 1 is 1.11 bits per heavy atom. The Labute approximate surface area is 162 Å². The van der Waals surface area contributed by atoms with E-state index in [-0.39, 0.29) is 18.8 Å². The van der Waals surface area contributed by atoms with Crippen LogP contribution in [-0.2, 0) is 16.0 Å². The monoisotopic (exact) mass is 382 g/mol. The highest BCUT2D eigenvalue weighted by Gasteiger charge is 2.19. The molecule has 0 aliphatic rings. The normalized spacial score (nSPS) is 10.7. The zero-order valence-corrected chi connectivity index (χ0v) is 16.3. The molecular formula is C21H22N2O5. The van der Waals surface area contributed by atoms with Crippen molar-refractivity contribution in [3.05, 3.63) is 64.7 Å². The Morgan fingerprint density at radius 3 is 2.43 bits per heavy atom. The first kappa shape index (κ1) is 19.4. The van der Waals surface area contributed by atoms with Crippen LogP contribution >= 0.6 is 0 Å². The summed E-state index contributed by atoms with van der Waals surface area (Å²) in [5, 5.41) is 4.00. The van der Waals surface area contributed by atoms with E-state index in [2.05, 4.69) is 5.16 Å². The fourth-order valence-electron chi connectivity index (χ4n) is 3.04. The highest BCUT2D eigenvalue weighted by Crippen LogP contribution is 2.21. The number of esters is 1. The third kappa shape index (κ3) is 4.14. The molecule has 0 aliphatic heterocycles. The lowest BCUT2D eigenvalue weighted by Gasteiger charge is -2.07. The summed E-state index contributed by atoms with van der Waals surface area (Å²) >= 11 is 0. The number of aryl methyl sites for hydroxylation is 2. The number of ether oxygens (including phenoxy) is 2. The number of rotatable bonds is 7. The minimum atomic E-state index is -0.459. The number of Topliss-reactive ketones (excluding diaryl/α,β-unsaturated/α-hetero) is 1. The van der Waals surface area contributed by atoms with Gasteiger partial charge in [-0.05, 0) is 44.5 Å². The summed E-state index contributed by atoms with van der Waals surface area (Å²) in [4.78, 5) is 24.6. The highest BCUT2D eigenvalue weighted by molar-refractivity contribution is 5.99. The lowest BCUT2D eigenvalue weighted by Crippen LogP contribution is -2.16. The summed E-state index contributed by atoms with van der Waals surface area (Å²) in [7, 11) is 1.58. The van der Waals surface area contributed by atoms with Crippen LogP contribution in [0.15, 0.2) is 40.9 Å². The van der Waals surface area contributed by atoms with Gasteiger partial charge in [0.05, 0.1) is 13.5 Å². The molecule has 3 rings (SSSR count). The highest BCUT2D eigenvalue weighted by atomic mass is 16.5. The van der Waals surface area contributed by atoms with E-state index in [0.717, 1.165) is 17.0 Å². The zero-order chi connectivity index (χ0) is 20.3. The zero-order valence-electron chi connectivity index (χ0n) is 16.3. The molecule has 28 heavy (non-hydrogen) atoms. The van der Waals surface area contributed by atoms with Gasteiger partial charge in [-0.2, -0.15) is 0 Å². The van der Waals surface area contributed by atoms with E-state index >= 15 is 0 Å². The van der Waals surface area contributed by atoms with Crippen molar-refractivity contribution >= 4 is 11.8 Å². The number of benzene rings is 1. The van der Waals surface area contributed by atoms with Gasteiger partial charge in [0.2, 0.25) is 5.78 Å². The maximum Gasteiger partial charge on any atom is 0.310 e. The topological polar surface area (TPSA) is 83.6 Å². The molecule has 0 amide bonds. The molecule has 3 aromatic rings. The van der Waals surface area contributed by atoms with Crippen molar-refractivity contribution in [3.8, 4) is 11.6 Å². The molecule has 0 radical (unpaired) electrons. The minimum absolute atomic E-state index is 0.0918. The van der Waals surface area contributed by atoms with E-state index in [1.807, 2.05) is 18.4 Å². The predicted molar refractivity (Wildman–Crippen MR) is 102 cm³/mol. The van der Waals surface area contributed by atoms with Gasteiger partial charge in [-0.25, -0.2) is 0 Å². The number of carbonyl (C=O) groups excluding carboxylic acids is 2. The van der Waals surface area contributed by atoms with Crippen LogP contribution in [0.25, 0.3) is 5.82 Å². The van der Waals surface area contributed by atoms with Gasteiger partial charge in [0.15, 0.2) is 12.4 Å². The van der Waals surface area contributed by atoms with Crippen molar-refractivity contribution in [3.63, 3.8) is 0 Å². The molecule has 0 bridgehead atoms. The minimum Gasteiger partial charge on any atom is -0.497 e. The molecule has 146 valence electrons. The second kappa shape index (κ2) is 8.12. The second-order valence-corrected chi connectivity index (χ2v) is 6.52. The molecule has 7 heteroatoms. The molecule has 0 spiro atoms. The molecule has 0 aliphatic carbocycles. The molecule has 0 atom stereocenters. The van der Waals surface area contributed by atoms with Gasteiger partial charge in [-0.15, -0.1) is 0 Å². The number of aromatic nitrogens is 2. The van der Waals surface area contributed by atoms with E-state index in [9.17, 15) is 9.59 Å². The van der Waals surface area contributed by atoms with Crippen LogP contribution < -0.4 is 4.74 Å². The predicted octanol–water partition coefficient (Wildman–Crippen LogP) is 3.37. The van der Waals surface area contributed by atoms with Gasteiger partial charge in [0.1, 0.15) is 11.5 Å². The van der Waals surface area contributed by atoms with E-state index in [0.29, 0.717) is 22.9 Å². The van der Waals surface area contributed by atoms with Crippen molar-refractivity contribution in [1.82, 2.24) is 9.72 Å². The molecule has 7 nitrogen and oxygen atoms in total. The largest absolute Gasteiger partial charge is 0.497 e. The molecule has 1 aromatic carbocycles. The molecule has 0 N–H and O–H groups in total. The molecule has 2 aromatic heterocycles. The van der Waals surface area contributed by atoms with Crippen LogP contribution in [0.5, 0.6) is 5.75 Å². The Bertz CT molecular complexity index is 998. The standard InChI is InChI=1S/C21H22N2O5/c1-13-9-18(15(3)23(13)20-10-14(2)28-22-20)19(24)12-27-21(25)11-16-5-7-17(26-4)8-6-16/h5-10H,11-12H2,1-4H3. The van der Waals surface area contributed by atoms with E-state index in [1.54, 1.807) is 50.4 Å². The quantitative estimate of drug-likeness (QED) is 0.460. The van der Waals surface area contributed by atoms with Crippen molar-refractivity contribution in [2.24, 2.45) is 0 Å². The summed E-state index contributed by atoms with van der Waals surface area (Å²) in [5.41, 5.74) is 2.86. The number of hydrogen-bond donors (Lipinski definition) is 0. The second-order valence-electron chi connectivity index (χ2n) is 6.52. The average molecular weight is 382 g/mol. The van der Waals surface area contributed by atoms with Gasteiger partial charge in [-0.1, -0.05) is 17.3 Å². The molecule has 0 saturated heterocycles. The lowest BCUT2D eigenvalue weighted by molar-refractivity contribution is -0.141. The number of hydrogen-bond acceptors (Lipinski definition) is 6. The summed E-state index contributed by atoms with van der Waals surface area (Å²) in [6, 6.07) is 10.7. The van der Waals surface area contributed by atoms with Crippen molar-refractivity contribution in [1.29, 1.82) is 0 Å². The van der Waals surface area contributed by atoms with Gasteiger partial charge < -0.3 is 14.0 Å². The third-order valence-corrected chi connectivity index (χ3v) is 4.45. The Morgan fingerprint density at radius 2 is 1.82 bits per heavy atom. The number of methoxy groups -OCH3 is 1. The van der Waals surface area contributed by atoms with Crippen LogP contribution in [0.3, 0.4) is 0 Å². The molecule has 2 heterocycles. The van der Waals surface area contributed by atoms with Gasteiger partial charge >= 0.3 is 5.97 Å². The smallest absolute Gasteiger partial charge is 0.310 e. The van der Waals surface area contributed by atoms with E-state index < -0.39 is 5.97 Å². The first-order valence-corrected chi connectivity index (χ1v) is 8.83. The summed E-state index contributed by atoms with van der Waals surface area (Å²) in [6.45, 7) is 5.20. The maximum absolute atomic E-state index is 12.6. The molecule has 0 saturated carbocycles. The van der Waals surface area contributed by atoms with Crippen LogP contribution in [0.4, 0.5) is 0 Å². The van der Waals surface area contributed by atoms with E-state index in [1.165, 1.54) is 0 Å². The first-order chi connectivity index (χ1) is 13.4. The lowest BCUT2D eigenvalue weighted by atomic mass is 10.1. The Hall–Kier alpha value is -3.35. The van der Waals surface area contributed by atoms with Crippen molar-refractivity contribution in [2.75, 3.05) is 13.7 Å². The number of ketones is 1. The van der Waals surface area contributed by atoms with Crippen LogP contribution in [0.1, 0.15) is 33.1 Å². The summed E-state index contributed by atoms with van der Waals surface area (Å²) in [5.74, 6) is 1.29. The van der Waals surface area contributed by atoms with Gasteiger partial charge in [0, 0.05) is 23.0 Å². The fraction of sp³-hybridized carbons (Fsp3) is 0.286. The van der Waals surface area contributed by atoms with Crippen LogP contribution in [0.2, 0.25) is 0 Å². The van der Waals surface area contributed by atoms with Crippen molar-refractivity contribution < 1.29 is 23.6 Å². The Balaban J connectivity index is 1.64. The summed E-state index contributed by atoms with van der Waals surface area (Å²) in [6.07, 6.45) is 0.0918. The van der Waals surface area contributed by atoms with E-state index in [4.69, 9.17) is 14.0 Å². The first-order valence-electron chi connectivity index (χ1n) is 8.83. The molecule has 0 fully saturated rings. The molecular weight excluding hydrogens is 360 g/mol. The van der Waals surface area contributed by atoms with Gasteiger partial charge in [0.25, 0.3) is 0 Å². The summed E-state index contributed by atoms with van der Waals surface area (Å²) < 4.78 is 17.2. The van der Waals surface area contributed by atoms with Crippen LogP contribution in [0, 0.1) is 20.8 Å². The van der Waals surface area contributed by atoms with Gasteiger partial charge in [-0.3, -0.25) is 14.2 Å². The number of nitrogens with zero attached hydrogens (tertiary/aromatic N) is 2. The van der Waals surface area contributed by atoms with Crippen molar-refractivity contribution in [2.45, 2.75) is 27.2 Å². The average Bonchev–Trinajstić information content (AvgIpc) is 3.22. The SMILES string of the molecule is COc1ccc(CC(=O)OCC(=O)c2cc(C)n(-c3cc(C)on3)c2C)cc1. The molecule has 0 unspecified atom stereocenters. The number of carbonyl (C=O) groups is 2.